The zero-order valence-electron chi connectivity index (χ0n) is 18.6. The van der Waals surface area contributed by atoms with Gasteiger partial charge in [0.25, 0.3) is 11.5 Å². The largest absolute Gasteiger partial charge is 0.489 e. The van der Waals surface area contributed by atoms with Gasteiger partial charge in [0, 0.05) is 18.5 Å². The van der Waals surface area contributed by atoms with Crippen LogP contribution >= 0.6 is 0 Å². The fourth-order valence-corrected chi connectivity index (χ4v) is 3.52. The molecule has 7 nitrogen and oxygen atoms in total. The van der Waals surface area contributed by atoms with E-state index in [1.165, 1.54) is 4.57 Å². The summed E-state index contributed by atoms with van der Waals surface area (Å²) in [5.74, 6) is 1.68. The molecule has 1 N–H and O–H groups in total. The zero-order chi connectivity index (χ0) is 23.4. The Kier molecular flexibility index (Phi) is 6.40. The van der Waals surface area contributed by atoms with Gasteiger partial charge in [0.1, 0.15) is 23.9 Å². The number of aryl methyl sites for hydroxylation is 1. The van der Waals surface area contributed by atoms with E-state index < -0.39 is 0 Å². The number of rotatable bonds is 8. The van der Waals surface area contributed by atoms with E-state index in [4.69, 9.17) is 9.15 Å². The normalized spacial score (nSPS) is 10.8. The first-order valence-corrected chi connectivity index (χ1v) is 10.6. The number of nitrogens with zero attached hydrogens (tertiary/aromatic N) is 2. The zero-order valence-corrected chi connectivity index (χ0v) is 18.6. The van der Waals surface area contributed by atoms with Gasteiger partial charge in [-0.1, -0.05) is 12.6 Å². The van der Waals surface area contributed by atoms with E-state index in [1.54, 1.807) is 55.7 Å². The van der Waals surface area contributed by atoms with Crippen molar-refractivity contribution in [1.29, 1.82) is 0 Å². The van der Waals surface area contributed by atoms with Gasteiger partial charge in [-0.05, 0) is 68.0 Å². The molecule has 0 radical (unpaired) electrons. The summed E-state index contributed by atoms with van der Waals surface area (Å²) < 4.78 is 12.5. The molecule has 0 aliphatic carbocycles. The third-order valence-corrected chi connectivity index (χ3v) is 5.10. The van der Waals surface area contributed by atoms with Crippen LogP contribution in [0.4, 0.5) is 0 Å². The number of carbonyl (C=O) groups excluding carboxylic acids is 1. The predicted molar refractivity (Wildman–Crippen MR) is 127 cm³/mol. The average molecular weight is 444 g/mol. The lowest BCUT2D eigenvalue weighted by molar-refractivity contribution is 0.0953. The van der Waals surface area contributed by atoms with E-state index in [9.17, 15) is 9.59 Å². The average Bonchev–Trinajstić information content (AvgIpc) is 3.31. The van der Waals surface area contributed by atoms with Crippen LogP contribution in [0, 0.1) is 6.92 Å². The summed E-state index contributed by atoms with van der Waals surface area (Å²) in [7, 11) is 0. The molecule has 0 bridgehead atoms. The lowest BCUT2D eigenvalue weighted by Crippen LogP contribution is -2.26. The molecule has 0 saturated carbocycles. The van der Waals surface area contributed by atoms with Crippen molar-refractivity contribution in [2.45, 2.75) is 20.3 Å². The molecule has 33 heavy (non-hydrogen) atoms. The SMILES string of the molecule is C=C(C)COc1ccc2nc(C)n(-c3cccc(C(=O)NCCc4ccco4)c3)c(=O)c2c1. The monoisotopic (exact) mass is 443 g/mol. The van der Waals surface area contributed by atoms with Gasteiger partial charge in [-0.2, -0.15) is 0 Å². The molecule has 2 aromatic heterocycles. The van der Waals surface area contributed by atoms with Crippen molar-refractivity contribution in [3.63, 3.8) is 0 Å². The maximum absolute atomic E-state index is 13.4. The molecule has 0 fully saturated rings. The highest BCUT2D eigenvalue weighted by Crippen LogP contribution is 2.19. The predicted octanol–water partition coefficient (Wildman–Crippen LogP) is 4.21. The highest BCUT2D eigenvalue weighted by atomic mass is 16.5. The molecule has 2 aromatic carbocycles. The van der Waals surface area contributed by atoms with Crippen LogP contribution in [-0.2, 0) is 6.42 Å². The number of hydrogen-bond acceptors (Lipinski definition) is 5. The van der Waals surface area contributed by atoms with E-state index in [1.807, 2.05) is 19.1 Å². The molecule has 4 aromatic rings. The van der Waals surface area contributed by atoms with E-state index in [2.05, 4.69) is 16.9 Å². The lowest BCUT2D eigenvalue weighted by Gasteiger charge is -2.13. The Bertz CT molecular complexity index is 1370. The first kappa shape index (κ1) is 22.1. The Hall–Kier alpha value is -4.13. The molecule has 1 amide bonds. The third-order valence-electron chi connectivity index (χ3n) is 5.10. The molecule has 2 heterocycles. The summed E-state index contributed by atoms with van der Waals surface area (Å²) in [6, 6.07) is 15.9. The molecule has 7 heteroatoms. The van der Waals surface area contributed by atoms with Crippen molar-refractivity contribution in [2.24, 2.45) is 0 Å². The van der Waals surface area contributed by atoms with E-state index in [0.29, 0.717) is 53.3 Å². The highest BCUT2D eigenvalue weighted by Gasteiger charge is 2.13. The maximum atomic E-state index is 13.4. The number of benzene rings is 2. The van der Waals surface area contributed by atoms with E-state index in [0.717, 1.165) is 11.3 Å². The summed E-state index contributed by atoms with van der Waals surface area (Å²) in [6.45, 7) is 8.28. The van der Waals surface area contributed by atoms with Crippen molar-refractivity contribution < 1.29 is 13.9 Å². The van der Waals surface area contributed by atoms with Gasteiger partial charge >= 0.3 is 0 Å². The molecule has 0 aliphatic rings. The van der Waals surface area contributed by atoms with E-state index >= 15 is 0 Å². The van der Waals surface area contributed by atoms with Crippen LogP contribution in [0.5, 0.6) is 5.75 Å². The van der Waals surface area contributed by atoms with Gasteiger partial charge in [-0.15, -0.1) is 0 Å². The molecule has 0 saturated heterocycles. The van der Waals surface area contributed by atoms with Crippen molar-refractivity contribution in [1.82, 2.24) is 14.9 Å². The first-order chi connectivity index (χ1) is 15.9. The number of furan rings is 1. The van der Waals surface area contributed by atoms with Crippen LogP contribution in [0.3, 0.4) is 0 Å². The second-order valence-electron chi connectivity index (χ2n) is 7.86. The standard InChI is InChI=1S/C26H25N3O4/c1-17(2)16-33-22-9-10-24-23(15-22)26(31)29(18(3)28-24)20-7-4-6-19(14-20)25(30)27-12-11-21-8-5-13-32-21/h4-10,13-15H,1,11-12,16H2,2-3H3,(H,27,30). The maximum Gasteiger partial charge on any atom is 0.266 e. The number of ether oxygens (including phenoxy) is 1. The minimum Gasteiger partial charge on any atom is -0.489 e. The number of hydrogen-bond donors (Lipinski definition) is 1. The molecule has 168 valence electrons. The number of nitrogens with one attached hydrogen (secondary N) is 1. The van der Waals surface area contributed by atoms with Crippen LogP contribution < -0.4 is 15.6 Å². The Labute approximate surface area is 191 Å². The molecular formula is C26H25N3O4. The van der Waals surface area contributed by atoms with Gasteiger partial charge in [0.15, 0.2) is 0 Å². The lowest BCUT2D eigenvalue weighted by atomic mass is 10.1. The second-order valence-corrected chi connectivity index (χ2v) is 7.86. The van der Waals surface area contributed by atoms with Gasteiger partial charge < -0.3 is 14.5 Å². The fourth-order valence-electron chi connectivity index (χ4n) is 3.52. The first-order valence-electron chi connectivity index (χ1n) is 10.6. The Morgan fingerprint density at radius 1 is 1.18 bits per heavy atom. The van der Waals surface area contributed by atoms with Gasteiger partial charge in [-0.3, -0.25) is 14.2 Å². The Balaban J connectivity index is 1.61. The fraction of sp³-hybridized carbons (Fsp3) is 0.192. The third kappa shape index (κ3) is 5.03. The minimum absolute atomic E-state index is 0.224. The molecule has 0 spiro atoms. The van der Waals surface area contributed by atoms with Crippen LogP contribution in [0.1, 0.15) is 28.9 Å². The summed E-state index contributed by atoms with van der Waals surface area (Å²) in [5.41, 5.74) is 2.27. The summed E-state index contributed by atoms with van der Waals surface area (Å²) in [5, 5.41) is 3.32. The van der Waals surface area contributed by atoms with Gasteiger partial charge in [-0.25, -0.2) is 4.98 Å². The molecule has 4 rings (SSSR count). The van der Waals surface area contributed by atoms with Gasteiger partial charge in [0.2, 0.25) is 0 Å². The van der Waals surface area contributed by atoms with Crippen LogP contribution in [0.25, 0.3) is 16.6 Å². The number of aromatic nitrogens is 2. The van der Waals surface area contributed by atoms with Gasteiger partial charge in [0.05, 0.1) is 22.9 Å². The molecular weight excluding hydrogens is 418 g/mol. The van der Waals surface area contributed by atoms with Crippen LogP contribution in [0.2, 0.25) is 0 Å². The number of amides is 1. The van der Waals surface area contributed by atoms with Crippen molar-refractivity contribution in [2.75, 3.05) is 13.2 Å². The smallest absolute Gasteiger partial charge is 0.266 e. The quantitative estimate of drug-likeness (QED) is 0.412. The second kappa shape index (κ2) is 9.56. The number of carbonyl (C=O) groups is 1. The number of fused-ring (bicyclic) bond motifs is 1. The van der Waals surface area contributed by atoms with Crippen LogP contribution in [0.15, 0.2) is 82.2 Å². The van der Waals surface area contributed by atoms with Crippen molar-refractivity contribution in [3.05, 3.63) is 101 Å². The highest BCUT2D eigenvalue weighted by molar-refractivity contribution is 5.94. The molecule has 0 unspecified atom stereocenters. The summed E-state index contributed by atoms with van der Waals surface area (Å²) in [4.78, 5) is 30.6. The minimum atomic E-state index is -0.228. The summed E-state index contributed by atoms with van der Waals surface area (Å²) >= 11 is 0. The molecule has 0 aliphatic heterocycles. The van der Waals surface area contributed by atoms with Crippen molar-refractivity contribution >= 4 is 16.8 Å². The molecule has 0 atom stereocenters. The Morgan fingerprint density at radius 2 is 2.03 bits per heavy atom. The summed E-state index contributed by atoms with van der Waals surface area (Å²) in [6.07, 6.45) is 2.20. The van der Waals surface area contributed by atoms with E-state index in [-0.39, 0.29) is 11.5 Å². The van der Waals surface area contributed by atoms with Crippen molar-refractivity contribution in [3.8, 4) is 11.4 Å². The topological polar surface area (TPSA) is 86.4 Å². The Morgan fingerprint density at radius 3 is 2.79 bits per heavy atom. The van der Waals surface area contributed by atoms with Crippen LogP contribution in [-0.4, -0.2) is 28.6 Å².